The zero-order valence-electron chi connectivity index (χ0n) is 11.1. The van der Waals surface area contributed by atoms with Crippen molar-refractivity contribution in [2.75, 3.05) is 13.1 Å². The fourth-order valence-corrected chi connectivity index (χ4v) is 2.47. The molecule has 1 amide bonds. The quantitative estimate of drug-likeness (QED) is 0.904. The van der Waals surface area contributed by atoms with Gasteiger partial charge in [-0.2, -0.15) is 0 Å². The largest absolute Gasteiger partial charge is 0.356 e. The molecule has 0 radical (unpaired) electrons. The number of nitrogens with zero attached hydrogens (tertiary/aromatic N) is 1. The van der Waals surface area contributed by atoms with Gasteiger partial charge in [-0.15, -0.1) is 12.4 Å². The van der Waals surface area contributed by atoms with Gasteiger partial charge in [0.2, 0.25) is 5.91 Å². The number of carbonyl (C=O) groups excluding carboxylic acids is 1. The van der Waals surface area contributed by atoms with Crippen molar-refractivity contribution in [3.63, 3.8) is 0 Å². The van der Waals surface area contributed by atoms with E-state index in [2.05, 4.69) is 15.8 Å². The summed E-state index contributed by atoms with van der Waals surface area (Å²) in [6.07, 6.45) is 2.42. The van der Waals surface area contributed by atoms with E-state index in [0.29, 0.717) is 5.69 Å². The second-order valence-corrected chi connectivity index (χ2v) is 4.91. The van der Waals surface area contributed by atoms with E-state index in [1.165, 1.54) is 0 Å². The van der Waals surface area contributed by atoms with E-state index in [1.54, 1.807) is 0 Å². The summed E-state index contributed by atoms with van der Waals surface area (Å²) in [5.41, 5.74) is 1.43. The van der Waals surface area contributed by atoms with Gasteiger partial charge in [-0.05, 0) is 31.5 Å². The zero-order valence-corrected chi connectivity index (χ0v) is 11.9. The lowest BCUT2D eigenvalue weighted by Crippen LogP contribution is -2.46. The van der Waals surface area contributed by atoms with E-state index in [4.69, 9.17) is 4.52 Å². The third-order valence-electron chi connectivity index (χ3n) is 3.44. The first kappa shape index (κ1) is 14.8. The molecule has 0 unspecified atom stereocenters. The van der Waals surface area contributed by atoms with Crippen LogP contribution in [0.4, 0.5) is 0 Å². The molecule has 5 nitrogen and oxygen atoms in total. The molecular formula is C14H18ClN3O2. The molecule has 1 atom stereocenters. The average Bonchev–Trinajstić information content (AvgIpc) is 2.83. The van der Waals surface area contributed by atoms with E-state index in [-0.39, 0.29) is 30.8 Å². The first-order chi connectivity index (χ1) is 9.33. The number of halogens is 1. The van der Waals surface area contributed by atoms with Gasteiger partial charge in [-0.1, -0.05) is 17.3 Å². The highest BCUT2D eigenvalue weighted by molar-refractivity contribution is 5.86. The van der Waals surface area contributed by atoms with Crippen molar-refractivity contribution in [1.82, 2.24) is 15.8 Å². The molecule has 1 aliphatic heterocycles. The second kappa shape index (κ2) is 6.72. The molecule has 1 saturated heterocycles. The fraction of sp³-hybridized carbons (Fsp3) is 0.429. The molecule has 20 heavy (non-hydrogen) atoms. The van der Waals surface area contributed by atoms with E-state index in [0.717, 1.165) is 36.9 Å². The molecule has 2 heterocycles. The van der Waals surface area contributed by atoms with Crippen molar-refractivity contribution >= 4 is 29.3 Å². The van der Waals surface area contributed by atoms with Crippen molar-refractivity contribution in [3.8, 4) is 0 Å². The molecule has 1 aliphatic rings. The first-order valence-electron chi connectivity index (χ1n) is 6.66. The molecule has 0 spiro atoms. The minimum absolute atomic E-state index is 0. The van der Waals surface area contributed by atoms with Crippen LogP contribution in [0.15, 0.2) is 28.8 Å². The molecule has 6 heteroatoms. The van der Waals surface area contributed by atoms with Gasteiger partial charge in [0, 0.05) is 18.0 Å². The Bertz CT molecular complexity index is 579. The van der Waals surface area contributed by atoms with Crippen LogP contribution in [-0.2, 0) is 11.2 Å². The lowest BCUT2D eigenvalue weighted by molar-refractivity contribution is -0.121. The van der Waals surface area contributed by atoms with Crippen LogP contribution in [0, 0.1) is 0 Å². The average molecular weight is 296 g/mol. The Balaban J connectivity index is 0.00000147. The van der Waals surface area contributed by atoms with Crippen molar-refractivity contribution in [1.29, 1.82) is 0 Å². The standard InChI is InChI=1S/C14H17N3O2.ClH/c18-14(16-10-4-3-7-15-9-10)8-12-11-5-1-2-6-13(11)19-17-12;/h1-2,5-6,10,15H,3-4,7-9H2,(H,16,18);1H/t10-;/m1./s1. The normalized spacial score (nSPS) is 18.5. The summed E-state index contributed by atoms with van der Waals surface area (Å²) in [6.45, 7) is 1.89. The van der Waals surface area contributed by atoms with Crippen LogP contribution in [0.2, 0.25) is 0 Å². The lowest BCUT2D eigenvalue weighted by atomic mass is 10.1. The number of para-hydroxylation sites is 1. The van der Waals surface area contributed by atoms with Gasteiger partial charge in [-0.3, -0.25) is 4.79 Å². The number of piperidine rings is 1. The third-order valence-corrected chi connectivity index (χ3v) is 3.44. The van der Waals surface area contributed by atoms with Crippen molar-refractivity contribution in [2.24, 2.45) is 0 Å². The van der Waals surface area contributed by atoms with Crippen LogP contribution in [0.1, 0.15) is 18.5 Å². The van der Waals surface area contributed by atoms with Gasteiger partial charge in [-0.25, -0.2) is 0 Å². The zero-order chi connectivity index (χ0) is 13.1. The molecule has 0 bridgehead atoms. The smallest absolute Gasteiger partial charge is 0.226 e. The molecule has 3 rings (SSSR count). The van der Waals surface area contributed by atoms with Crippen LogP contribution in [0.5, 0.6) is 0 Å². The van der Waals surface area contributed by atoms with Crippen LogP contribution in [-0.4, -0.2) is 30.2 Å². The number of hydrogen-bond donors (Lipinski definition) is 2. The second-order valence-electron chi connectivity index (χ2n) is 4.91. The highest BCUT2D eigenvalue weighted by Crippen LogP contribution is 2.18. The Morgan fingerprint density at radius 3 is 3.10 bits per heavy atom. The molecule has 1 aromatic heterocycles. The summed E-state index contributed by atoms with van der Waals surface area (Å²) in [4.78, 5) is 12.0. The predicted octanol–water partition coefficient (Wildman–Crippen LogP) is 1.66. The Hall–Kier alpha value is -1.59. The molecule has 0 aliphatic carbocycles. The summed E-state index contributed by atoms with van der Waals surface area (Å²) < 4.78 is 5.20. The first-order valence-corrected chi connectivity index (χ1v) is 6.66. The maximum atomic E-state index is 12.0. The van der Waals surface area contributed by atoms with Crippen LogP contribution < -0.4 is 10.6 Å². The topological polar surface area (TPSA) is 67.2 Å². The van der Waals surface area contributed by atoms with E-state index >= 15 is 0 Å². The van der Waals surface area contributed by atoms with Gasteiger partial charge in [0.1, 0.15) is 5.69 Å². The van der Waals surface area contributed by atoms with Gasteiger partial charge in [0.15, 0.2) is 5.58 Å². The lowest BCUT2D eigenvalue weighted by Gasteiger charge is -2.23. The van der Waals surface area contributed by atoms with Crippen LogP contribution in [0.3, 0.4) is 0 Å². The van der Waals surface area contributed by atoms with Crippen LogP contribution in [0.25, 0.3) is 11.0 Å². The summed E-state index contributed by atoms with van der Waals surface area (Å²) in [5, 5.41) is 11.2. The highest BCUT2D eigenvalue weighted by Gasteiger charge is 2.17. The van der Waals surface area contributed by atoms with Gasteiger partial charge in [0.25, 0.3) is 0 Å². The fourth-order valence-electron chi connectivity index (χ4n) is 2.47. The van der Waals surface area contributed by atoms with Gasteiger partial charge in [0.05, 0.1) is 6.42 Å². The summed E-state index contributed by atoms with van der Waals surface area (Å²) in [6, 6.07) is 7.84. The number of amides is 1. The van der Waals surface area contributed by atoms with Crippen molar-refractivity contribution in [2.45, 2.75) is 25.3 Å². The summed E-state index contributed by atoms with van der Waals surface area (Å²) >= 11 is 0. The number of fused-ring (bicyclic) bond motifs is 1. The third kappa shape index (κ3) is 3.29. The number of aromatic nitrogens is 1. The molecule has 108 valence electrons. The van der Waals surface area contributed by atoms with E-state index < -0.39 is 0 Å². The van der Waals surface area contributed by atoms with Crippen molar-refractivity contribution < 1.29 is 9.32 Å². The number of benzene rings is 1. The SMILES string of the molecule is Cl.O=C(Cc1noc2ccccc12)N[C@@H]1CCCNC1. The molecule has 2 aromatic rings. The Labute approximate surface area is 123 Å². The Morgan fingerprint density at radius 1 is 1.45 bits per heavy atom. The summed E-state index contributed by atoms with van der Waals surface area (Å²) in [7, 11) is 0. The molecule has 0 saturated carbocycles. The molecular weight excluding hydrogens is 278 g/mol. The van der Waals surface area contributed by atoms with E-state index in [1.807, 2.05) is 24.3 Å². The minimum Gasteiger partial charge on any atom is -0.356 e. The van der Waals surface area contributed by atoms with Crippen LogP contribution >= 0.6 is 12.4 Å². The number of hydrogen-bond acceptors (Lipinski definition) is 4. The van der Waals surface area contributed by atoms with Gasteiger partial charge < -0.3 is 15.2 Å². The number of carbonyl (C=O) groups is 1. The number of nitrogens with one attached hydrogen (secondary N) is 2. The van der Waals surface area contributed by atoms with Gasteiger partial charge >= 0.3 is 0 Å². The number of rotatable bonds is 3. The monoisotopic (exact) mass is 295 g/mol. The predicted molar refractivity (Wildman–Crippen MR) is 79.0 cm³/mol. The maximum Gasteiger partial charge on any atom is 0.226 e. The molecule has 1 fully saturated rings. The van der Waals surface area contributed by atoms with Crippen molar-refractivity contribution in [3.05, 3.63) is 30.0 Å². The van der Waals surface area contributed by atoms with E-state index in [9.17, 15) is 4.79 Å². The summed E-state index contributed by atoms with van der Waals surface area (Å²) in [5.74, 6) is 0.00718. The Morgan fingerprint density at radius 2 is 2.30 bits per heavy atom. The highest BCUT2D eigenvalue weighted by atomic mass is 35.5. The Kier molecular flexibility index (Phi) is 4.98. The molecule has 2 N–H and O–H groups in total. The molecule has 1 aromatic carbocycles. The minimum atomic E-state index is 0. The maximum absolute atomic E-state index is 12.0.